The summed E-state index contributed by atoms with van der Waals surface area (Å²) < 4.78 is 0. The second-order valence-electron chi connectivity index (χ2n) is 3.73. The molecule has 0 aliphatic heterocycles. The van der Waals surface area contributed by atoms with Gasteiger partial charge in [-0.2, -0.15) is 0 Å². The molecule has 0 aliphatic rings. The maximum Gasteiger partial charge on any atom is -0.0327 e. The van der Waals surface area contributed by atoms with Crippen LogP contribution in [0.15, 0.2) is 12.2 Å². The highest BCUT2D eigenvalue weighted by atomic mass is 13.9. The number of allylic oxidation sites excluding steroid dienone is 2. The molecule has 0 aliphatic carbocycles. The summed E-state index contributed by atoms with van der Waals surface area (Å²) in [5.41, 5.74) is 0. The molecule has 0 saturated heterocycles. The van der Waals surface area contributed by atoms with Gasteiger partial charge in [-0.15, -0.1) is 0 Å². The van der Waals surface area contributed by atoms with Crippen LogP contribution in [0.5, 0.6) is 0 Å². The van der Waals surface area contributed by atoms with Gasteiger partial charge in [0.1, 0.15) is 0 Å². The molecule has 0 atom stereocenters. The van der Waals surface area contributed by atoms with Crippen LogP contribution >= 0.6 is 0 Å². The average Bonchev–Trinajstić information content (AvgIpc) is 1.79. The highest BCUT2D eigenvalue weighted by Gasteiger charge is 1.89. The zero-order valence-electron chi connectivity index (χ0n) is 7.72. The Labute approximate surface area is 65.3 Å². The molecule has 0 N–H and O–H groups in total. The fourth-order valence-corrected chi connectivity index (χ4v) is 0.737. The molecule has 0 bridgehead atoms. The predicted octanol–water partition coefficient (Wildman–Crippen LogP) is 3.63. The van der Waals surface area contributed by atoms with E-state index in [0.29, 0.717) is 0 Å². The fourth-order valence-electron chi connectivity index (χ4n) is 0.737. The molecule has 0 nitrogen and oxygen atoms in total. The summed E-state index contributed by atoms with van der Waals surface area (Å²) in [6.45, 7) is 9.00. The Hall–Kier alpha value is -0.260. The summed E-state index contributed by atoms with van der Waals surface area (Å²) >= 11 is 0. The molecule has 0 fully saturated rings. The highest BCUT2D eigenvalue weighted by molar-refractivity contribution is 4.83. The molecule has 10 heavy (non-hydrogen) atoms. The Balaban J connectivity index is 3.20. The normalized spacial score (nSPS) is 12.2. The first-order valence-corrected chi connectivity index (χ1v) is 4.28. The Morgan fingerprint density at radius 3 is 1.30 bits per heavy atom. The van der Waals surface area contributed by atoms with E-state index in [2.05, 4.69) is 39.8 Å². The van der Waals surface area contributed by atoms with Crippen molar-refractivity contribution in [1.29, 1.82) is 0 Å². The van der Waals surface area contributed by atoms with Crippen LogP contribution < -0.4 is 0 Å². The molecule has 60 valence electrons. The molecule has 0 heterocycles. The van der Waals surface area contributed by atoms with Gasteiger partial charge in [-0.25, -0.2) is 0 Å². The van der Waals surface area contributed by atoms with Crippen LogP contribution in [0.1, 0.15) is 40.5 Å². The summed E-state index contributed by atoms with van der Waals surface area (Å²) in [6, 6.07) is 0. The summed E-state index contributed by atoms with van der Waals surface area (Å²) in [5, 5.41) is 0. The van der Waals surface area contributed by atoms with Crippen molar-refractivity contribution in [1.82, 2.24) is 0 Å². The van der Waals surface area contributed by atoms with Gasteiger partial charge in [-0.3, -0.25) is 0 Å². The fraction of sp³-hybridized carbons (Fsp3) is 0.800. The number of hydrogen-bond acceptors (Lipinski definition) is 0. The summed E-state index contributed by atoms with van der Waals surface area (Å²) in [5.74, 6) is 1.62. The zero-order valence-corrected chi connectivity index (χ0v) is 7.72. The molecule has 0 radical (unpaired) electrons. The Morgan fingerprint density at radius 1 is 0.800 bits per heavy atom. The van der Waals surface area contributed by atoms with E-state index in [0.717, 1.165) is 11.8 Å². The van der Waals surface area contributed by atoms with Crippen molar-refractivity contribution >= 4 is 0 Å². The van der Waals surface area contributed by atoms with Gasteiger partial charge in [0.05, 0.1) is 0 Å². The first-order valence-electron chi connectivity index (χ1n) is 4.28. The second-order valence-corrected chi connectivity index (χ2v) is 3.73. The van der Waals surface area contributed by atoms with Gasteiger partial charge in [-0.1, -0.05) is 39.8 Å². The SMILES string of the molecule is CC(C)CC=CCC(C)C. The largest absolute Gasteiger partial charge is 0.0883 e. The van der Waals surface area contributed by atoms with Crippen LogP contribution in [0.4, 0.5) is 0 Å². The minimum absolute atomic E-state index is 0.809. The molecule has 0 amide bonds. The quantitative estimate of drug-likeness (QED) is 0.523. The summed E-state index contributed by atoms with van der Waals surface area (Å²) in [6.07, 6.45) is 7.05. The Morgan fingerprint density at radius 2 is 1.10 bits per heavy atom. The van der Waals surface area contributed by atoms with Crippen molar-refractivity contribution < 1.29 is 0 Å². The Kier molecular flexibility index (Phi) is 5.38. The van der Waals surface area contributed by atoms with Crippen molar-refractivity contribution in [3.63, 3.8) is 0 Å². The monoisotopic (exact) mass is 140 g/mol. The second kappa shape index (κ2) is 5.52. The Bertz CT molecular complexity index is 76.2. The van der Waals surface area contributed by atoms with E-state index in [-0.39, 0.29) is 0 Å². The minimum atomic E-state index is 0.809. The summed E-state index contributed by atoms with van der Waals surface area (Å²) in [7, 11) is 0. The van der Waals surface area contributed by atoms with E-state index in [4.69, 9.17) is 0 Å². The van der Waals surface area contributed by atoms with E-state index >= 15 is 0 Å². The predicted molar refractivity (Wildman–Crippen MR) is 48.1 cm³/mol. The zero-order chi connectivity index (χ0) is 7.98. The molecule has 0 unspecified atom stereocenters. The molecular formula is C10H20. The van der Waals surface area contributed by atoms with Gasteiger partial charge < -0.3 is 0 Å². The molecule has 0 aromatic rings. The van der Waals surface area contributed by atoms with Crippen LogP contribution in [0, 0.1) is 11.8 Å². The first-order chi connectivity index (χ1) is 4.63. The lowest BCUT2D eigenvalue weighted by atomic mass is 10.1. The molecule has 0 aromatic carbocycles. The lowest BCUT2D eigenvalue weighted by molar-refractivity contribution is 0.644. The molecule has 0 saturated carbocycles. The average molecular weight is 140 g/mol. The first kappa shape index (κ1) is 9.74. The van der Waals surface area contributed by atoms with Crippen LogP contribution in [-0.4, -0.2) is 0 Å². The van der Waals surface area contributed by atoms with E-state index in [1.165, 1.54) is 12.8 Å². The third-order valence-electron chi connectivity index (χ3n) is 1.38. The van der Waals surface area contributed by atoms with Gasteiger partial charge in [0.2, 0.25) is 0 Å². The molecule has 0 aromatic heterocycles. The molecular weight excluding hydrogens is 120 g/mol. The minimum Gasteiger partial charge on any atom is -0.0883 e. The van der Waals surface area contributed by atoms with E-state index in [1.807, 2.05) is 0 Å². The third-order valence-corrected chi connectivity index (χ3v) is 1.38. The van der Waals surface area contributed by atoms with Crippen LogP contribution in [-0.2, 0) is 0 Å². The van der Waals surface area contributed by atoms with E-state index in [1.54, 1.807) is 0 Å². The standard InChI is InChI=1S/C10H20/c1-9(2)7-5-6-8-10(3)4/h5-6,9-10H,7-8H2,1-4H3. The van der Waals surface area contributed by atoms with Crippen molar-refractivity contribution in [3.05, 3.63) is 12.2 Å². The maximum absolute atomic E-state index is 2.30. The topological polar surface area (TPSA) is 0 Å². The van der Waals surface area contributed by atoms with Gasteiger partial charge in [-0.05, 0) is 24.7 Å². The van der Waals surface area contributed by atoms with Crippen molar-refractivity contribution in [3.8, 4) is 0 Å². The summed E-state index contributed by atoms with van der Waals surface area (Å²) in [4.78, 5) is 0. The molecule has 0 rings (SSSR count). The number of hydrogen-bond donors (Lipinski definition) is 0. The van der Waals surface area contributed by atoms with Gasteiger partial charge >= 0.3 is 0 Å². The van der Waals surface area contributed by atoms with E-state index < -0.39 is 0 Å². The lowest BCUT2D eigenvalue weighted by Crippen LogP contribution is -1.84. The van der Waals surface area contributed by atoms with Gasteiger partial charge in [0.15, 0.2) is 0 Å². The van der Waals surface area contributed by atoms with Gasteiger partial charge in [0, 0.05) is 0 Å². The van der Waals surface area contributed by atoms with Crippen molar-refractivity contribution in [2.75, 3.05) is 0 Å². The van der Waals surface area contributed by atoms with Crippen molar-refractivity contribution in [2.24, 2.45) is 11.8 Å². The smallest absolute Gasteiger partial charge is 0.0327 e. The number of rotatable bonds is 4. The molecule has 0 spiro atoms. The van der Waals surface area contributed by atoms with Crippen LogP contribution in [0.3, 0.4) is 0 Å². The lowest BCUT2D eigenvalue weighted by Gasteiger charge is -1.98. The van der Waals surface area contributed by atoms with Crippen LogP contribution in [0.2, 0.25) is 0 Å². The highest BCUT2D eigenvalue weighted by Crippen LogP contribution is 2.04. The molecule has 0 heteroatoms. The van der Waals surface area contributed by atoms with Gasteiger partial charge in [0.25, 0.3) is 0 Å². The third kappa shape index (κ3) is 7.74. The van der Waals surface area contributed by atoms with Crippen molar-refractivity contribution in [2.45, 2.75) is 40.5 Å². The van der Waals surface area contributed by atoms with E-state index in [9.17, 15) is 0 Å². The maximum atomic E-state index is 2.30. The van der Waals surface area contributed by atoms with Crippen LogP contribution in [0.25, 0.3) is 0 Å².